The second-order valence-electron chi connectivity index (χ2n) is 8.25. The Bertz CT molecular complexity index is 1100. The number of aromatic nitrogens is 5. The first-order valence-corrected chi connectivity index (χ1v) is 10.9. The van der Waals surface area contributed by atoms with Crippen LogP contribution in [0.1, 0.15) is 54.3 Å². The van der Waals surface area contributed by atoms with Crippen LogP contribution in [0.3, 0.4) is 0 Å². The summed E-state index contributed by atoms with van der Waals surface area (Å²) in [6.07, 6.45) is 9.16. The number of nitrogens with zero attached hydrogens (tertiary/aromatic N) is 6. The Morgan fingerprint density at radius 3 is 2.52 bits per heavy atom. The van der Waals surface area contributed by atoms with E-state index in [9.17, 15) is 9.90 Å². The number of rotatable bonds is 4. The Hall–Kier alpha value is -3.07. The van der Waals surface area contributed by atoms with Crippen LogP contribution in [0.5, 0.6) is 0 Å². The molecule has 0 unspecified atom stereocenters. The molecule has 9 heteroatoms. The number of carbonyl (C=O) groups is 1. The minimum Gasteiger partial charge on any atom is -0.477 e. The summed E-state index contributed by atoms with van der Waals surface area (Å²) in [6.45, 7) is 4.80. The van der Waals surface area contributed by atoms with Gasteiger partial charge in [-0.3, -0.25) is 0 Å². The van der Waals surface area contributed by atoms with E-state index in [1.54, 1.807) is 18.5 Å². The van der Waals surface area contributed by atoms with Gasteiger partial charge in [0.05, 0.1) is 24.9 Å². The standard InChI is InChI=1S/C22H26N6O3/c1-14-19-17(15-12-23-22(24-13-15)27-7-9-31-10-8-27)11-18(21(29)30)25-20(19)28(26-14)16-5-3-2-4-6-16/h11-13,16H,2-10H2,1H3,(H,29,30). The number of carboxylic acids is 1. The molecule has 2 aliphatic rings. The Labute approximate surface area is 180 Å². The molecule has 0 bridgehead atoms. The van der Waals surface area contributed by atoms with Crippen LogP contribution in [-0.2, 0) is 4.74 Å². The second-order valence-corrected chi connectivity index (χ2v) is 8.25. The van der Waals surface area contributed by atoms with E-state index in [1.165, 1.54) is 6.42 Å². The van der Waals surface area contributed by atoms with Crippen molar-refractivity contribution in [2.45, 2.75) is 45.1 Å². The predicted octanol–water partition coefficient (Wildman–Crippen LogP) is 3.24. The van der Waals surface area contributed by atoms with Crippen molar-refractivity contribution in [1.29, 1.82) is 0 Å². The van der Waals surface area contributed by atoms with E-state index < -0.39 is 5.97 Å². The van der Waals surface area contributed by atoms with Crippen molar-refractivity contribution in [2.24, 2.45) is 0 Å². The van der Waals surface area contributed by atoms with Crippen LogP contribution in [0.2, 0.25) is 0 Å². The number of aryl methyl sites for hydroxylation is 1. The normalized spacial score (nSPS) is 17.9. The second kappa shape index (κ2) is 8.22. The number of hydrogen-bond donors (Lipinski definition) is 1. The van der Waals surface area contributed by atoms with E-state index in [0.29, 0.717) is 24.8 Å². The molecular formula is C22H26N6O3. The van der Waals surface area contributed by atoms with Crippen LogP contribution in [-0.4, -0.2) is 62.1 Å². The number of morpholine rings is 1. The number of hydrogen-bond acceptors (Lipinski definition) is 7. The van der Waals surface area contributed by atoms with E-state index in [0.717, 1.165) is 61.0 Å². The van der Waals surface area contributed by atoms with Gasteiger partial charge >= 0.3 is 5.97 Å². The zero-order chi connectivity index (χ0) is 21.4. The number of carboxylic acid groups (broad SMARTS) is 1. The van der Waals surface area contributed by atoms with Crippen molar-refractivity contribution in [1.82, 2.24) is 24.7 Å². The zero-order valence-electron chi connectivity index (χ0n) is 17.6. The summed E-state index contributed by atoms with van der Waals surface area (Å²) in [4.78, 5) is 27.5. The van der Waals surface area contributed by atoms with Crippen LogP contribution < -0.4 is 4.90 Å². The Kier molecular flexibility index (Phi) is 5.27. The smallest absolute Gasteiger partial charge is 0.354 e. The van der Waals surface area contributed by atoms with Crippen molar-refractivity contribution in [3.63, 3.8) is 0 Å². The van der Waals surface area contributed by atoms with Crippen molar-refractivity contribution < 1.29 is 14.6 Å². The lowest BCUT2D eigenvalue weighted by molar-refractivity contribution is 0.0691. The first-order chi connectivity index (χ1) is 15.1. The van der Waals surface area contributed by atoms with Crippen LogP contribution in [0.4, 0.5) is 5.95 Å². The fourth-order valence-electron chi connectivity index (χ4n) is 4.62. The van der Waals surface area contributed by atoms with Gasteiger partial charge < -0.3 is 14.7 Å². The Morgan fingerprint density at radius 1 is 1.13 bits per heavy atom. The highest BCUT2D eigenvalue weighted by Gasteiger charge is 2.24. The van der Waals surface area contributed by atoms with Crippen LogP contribution in [0.15, 0.2) is 18.5 Å². The molecule has 3 aromatic heterocycles. The highest BCUT2D eigenvalue weighted by molar-refractivity contribution is 5.99. The van der Waals surface area contributed by atoms with E-state index in [4.69, 9.17) is 9.84 Å². The van der Waals surface area contributed by atoms with Gasteiger partial charge in [-0.1, -0.05) is 19.3 Å². The van der Waals surface area contributed by atoms with Crippen molar-refractivity contribution >= 4 is 23.0 Å². The van der Waals surface area contributed by atoms with Gasteiger partial charge in [0.15, 0.2) is 11.3 Å². The largest absolute Gasteiger partial charge is 0.477 e. The number of pyridine rings is 1. The summed E-state index contributed by atoms with van der Waals surface area (Å²) in [6, 6.07) is 1.87. The Balaban J connectivity index is 1.60. The Morgan fingerprint density at radius 2 is 1.84 bits per heavy atom. The third-order valence-corrected chi connectivity index (χ3v) is 6.22. The minimum absolute atomic E-state index is 0.0108. The summed E-state index contributed by atoms with van der Waals surface area (Å²) in [5.74, 6) is -0.395. The number of fused-ring (bicyclic) bond motifs is 1. The molecule has 5 rings (SSSR count). The lowest BCUT2D eigenvalue weighted by Crippen LogP contribution is -2.37. The molecule has 0 atom stereocenters. The molecule has 1 saturated carbocycles. The highest BCUT2D eigenvalue weighted by atomic mass is 16.5. The first kappa shape index (κ1) is 19.9. The summed E-state index contributed by atoms with van der Waals surface area (Å²) in [7, 11) is 0. The van der Waals surface area contributed by atoms with Gasteiger partial charge in [0.1, 0.15) is 0 Å². The molecule has 0 aromatic carbocycles. The average molecular weight is 422 g/mol. The number of anilines is 1. The van der Waals surface area contributed by atoms with Gasteiger partial charge in [0.2, 0.25) is 5.95 Å². The fourth-order valence-corrected chi connectivity index (χ4v) is 4.62. The van der Waals surface area contributed by atoms with Gasteiger partial charge in [0, 0.05) is 42.0 Å². The molecule has 1 N–H and O–H groups in total. The first-order valence-electron chi connectivity index (χ1n) is 10.9. The number of aromatic carboxylic acids is 1. The molecule has 162 valence electrons. The third-order valence-electron chi connectivity index (χ3n) is 6.22. The molecule has 4 heterocycles. The highest BCUT2D eigenvalue weighted by Crippen LogP contribution is 2.35. The van der Waals surface area contributed by atoms with Crippen molar-refractivity contribution in [3.8, 4) is 11.1 Å². The molecule has 1 saturated heterocycles. The maximum absolute atomic E-state index is 11.8. The summed E-state index contributed by atoms with van der Waals surface area (Å²) in [5.41, 5.74) is 3.01. The molecule has 0 amide bonds. The monoisotopic (exact) mass is 422 g/mol. The van der Waals surface area contributed by atoms with E-state index >= 15 is 0 Å². The number of ether oxygens (including phenoxy) is 1. The quantitative estimate of drug-likeness (QED) is 0.683. The average Bonchev–Trinajstić information content (AvgIpc) is 3.16. The topological polar surface area (TPSA) is 106 Å². The zero-order valence-corrected chi connectivity index (χ0v) is 17.6. The van der Waals surface area contributed by atoms with Crippen LogP contribution in [0.25, 0.3) is 22.2 Å². The van der Waals surface area contributed by atoms with Gasteiger partial charge in [-0.2, -0.15) is 5.10 Å². The van der Waals surface area contributed by atoms with Gasteiger partial charge in [-0.15, -0.1) is 0 Å². The lowest BCUT2D eigenvalue weighted by Gasteiger charge is -2.26. The summed E-state index contributed by atoms with van der Waals surface area (Å²) in [5, 5.41) is 15.4. The third kappa shape index (κ3) is 3.74. The molecule has 1 aliphatic heterocycles. The maximum atomic E-state index is 11.8. The molecule has 2 fully saturated rings. The van der Waals surface area contributed by atoms with Crippen molar-refractivity contribution in [3.05, 3.63) is 29.8 Å². The summed E-state index contributed by atoms with van der Waals surface area (Å²) < 4.78 is 7.34. The predicted molar refractivity (Wildman–Crippen MR) is 115 cm³/mol. The molecular weight excluding hydrogens is 396 g/mol. The summed E-state index contributed by atoms with van der Waals surface area (Å²) >= 11 is 0. The molecule has 3 aromatic rings. The van der Waals surface area contributed by atoms with Gasteiger partial charge in [-0.05, 0) is 25.8 Å². The van der Waals surface area contributed by atoms with Crippen molar-refractivity contribution in [2.75, 3.05) is 31.2 Å². The fraction of sp³-hybridized carbons (Fsp3) is 0.500. The SMILES string of the molecule is Cc1nn(C2CCCCC2)c2nc(C(=O)O)cc(-c3cnc(N4CCOCC4)nc3)c12. The molecule has 9 nitrogen and oxygen atoms in total. The van der Waals surface area contributed by atoms with Crippen LogP contribution in [0, 0.1) is 6.92 Å². The minimum atomic E-state index is -1.05. The molecule has 31 heavy (non-hydrogen) atoms. The lowest BCUT2D eigenvalue weighted by atomic mass is 9.95. The van der Waals surface area contributed by atoms with Gasteiger partial charge in [-0.25, -0.2) is 24.4 Å². The maximum Gasteiger partial charge on any atom is 0.354 e. The van der Waals surface area contributed by atoms with Crippen LogP contribution >= 0.6 is 0 Å². The van der Waals surface area contributed by atoms with E-state index in [2.05, 4.69) is 19.9 Å². The molecule has 0 spiro atoms. The van der Waals surface area contributed by atoms with E-state index in [1.807, 2.05) is 11.6 Å². The molecule has 1 aliphatic carbocycles. The molecule has 0 radical (unpaired) electrons. The van der Waals surface area contributed by atoms with Gasteiger partial charge in [0.25, 0.3) is 0 Å². The van der Waals surface area contributed by atoms with E-state index in [-0.39, 0.29) is 11.7 Å².